The van der Waals surface area contributed by atoms with Crippen molar-refractivity contribution in [1.29, 1.82) is 0 Å². The second-order valence-electron chi connectivity index (χ2n) is 5.28. The number of hydrogen-bond donors (Lipinski definition) is 0. The molecule has 0 spiro atoms. The van der Waals surface area contributed by atoms with E-state index in [0.29, 0.717) is 19.6 Å². The van der Waals surface area contributed by atoms with E-state index in [9.17, 15) is 4.79 Å². The fraction of sp³-hybridized carbons (Fsp3) is 0.471. The Kier molecular flexibility index (Phi) is 7.37. The Labute approximate surface area is 127 Å². The SMILES string of the molecule is CC(C)=NCCOC(=O)C(Cc1ccccc1)N=C(C)C. The fourth-order valence-electron chi connectivity index (χ4n) is 1.84. The Bertz CT molecular complexity index is 499. The zero-order valence-corrected chi connectivity index (χ0v) is 13.3. The highest BCUT2D eigenvalue weighted by Gasteiger charge is 2.19. The van der Waals surface area contributed by atoms with Crippen LogP contribution in [0.25, 0.3) is 0 Å². The summed E-state index contributed by atoms with van der Waals surface area (Å²) in [6.45, 7) is 8.41. The minimum atomic E-state index is -0.482. The summed E-state index contributed by atoms with van der Waals surface area (Å²) in [4.78, 5) is 20.7. The van der Waals surface area contributed by atoms with Crippen LogP contribution in [0.15, 0.2) is 40.3 Å². The molecule has 0 aliphatic rings. The van der Waals surface area contributed by atoms with Crippen molar-refractivity contribution in [1.82, 2.24) is 0 Å². The van der Waals surface area contributed by atoms with Crippen LogP contribution in [0, 0.1) is 0 Å². The molecule has 21 heavy (non-hydrogen) atoms. The van der Waals surface area contributed by atoms with Crippen LogP contribution in [-0.2, 0) is 16.0 Å². The molecule has 1 unspecified atom stereocenters. The van der Waals surface area contributed by atoms with Gasteiger partial charge in [-0.15, -0.1) is 0 Å². The van der Waals surface area contributed by atoms with E-state index in [1.54, 1.807) is 0 Å². The summed E-state index contributed by atoms with van der Waals surface area (Å²) in [5.74, 6) is -0.288. The Morgan fingerprint density at radius 2 is 1.76 bits per heavy atom. The molecule has 4 heteroatoms. The number of rotatable bonds is 7. The third-order valence-electron chi connectivity index (χ3n) is 2.72. The predicted molar refractivity (Wildman–Crippen MR) is 87.3 cm³/mol. The second-order valence-corrected chi connectivity index (χ2v) is 5.28. The molecule has 1 rings (SSSR count). The molecule has 0 aliphatic carbocycles. The van der Waals surface area contributed by atoms with Crippen molar-refractivity contribution < 1.29 is 9.53 Å². The minimum Gasteiger partial charge on any atom is -0.462 e. The Hall–Kier alpha value is -1.97. The molecule has 0 amide bonds. The number of esters is 1. The van der Waals surface area contributed by atoms with Gasteiger partial charge in [0.2, 0.25) is 0 Å². The van der Waals surface area contributed by atoms with E-state index in [-0.39, 0.29) is 5.97 Å². The molecular formula is C17H24N2O2. The average molecular weight is 288 g/mol. The van der Waals surface area contributed by atoms with Gasteiger partial charge in [-0.1, -0.05) is 30.3 Å². The molecule has 0 aromatic heterocycles. The zero-order valence-electron chi connectivity index (χ0n) is 13.3. The van der Waals surface area contributed by atoms with Gasteiger partial charge in [-0.05, 0) is 33.3 Å². The molecule has 0 fully saturated rings. The number of nitrogens with zero attached hydrogens (tertiary/aromatic N) is 2. The monoisotopic (exact) mass is 288 g/mol. The first-order valence-electron chi connectivity index (χ1n) is 7.18. The number of ether oxygens (including phenoxy) is 1. The fourth-order valence-corrected chi connectivity index (χ4v) is 1.84. The van der Waals surface area contributed by atoms with Gasteiger partial charge in [0.25, 0.3) is 0 Å². The molecule has 0 bridgehead atoms. The highest BCUT2D eigenvalue weighted by atomic mass is 16.5. The lowest BCUT2D eigenvalue weighted by molar-refractivity contribution is -0.144. The first-order chi connectivity index (χ1) is 9.99. The largest absolute Gasteiger partial charge is 0.462 e. The van der Waals surface area contributed by atoms with Crippen LogP contribution in [0.2, 0.25) is 0 Å². The molecule has 0 saturated heterocycles. The van der Waals surface area contributed by atoms with Crippen LogP contribution < -0.4 is 0 Å². The first-order valence-corrected chi connectivity index (χ1v) is 7.18. The topological polar surface area (TPSA) is 51.0 Å². The van der Waals surface area contributed by atoms with Gasteiger partial charge in [0.15, 0.2) is 6.04 Å². The van der Waals surface area contributed by atoms with Crippen molar-refractivity contribution in [2.45, 2.75) is 40.2 Å². The summed E-state index contributed by atoms with van der Waals surface area (Å²) in [6, 6.07) is 9.37. The van der Waals surface area contributed by atoms with Crippen molar-refractivity contribution in [3.8, 4) is 0 Å². The van der Waals surface area contributed by atoms with Gasteiger partial charge in [0.1, 0.15) is 6.61 Å². The maximum absolute atomic E-state index is 12.1. The highest BCUT2D eigenvalue weighted by Crippen LogP contribution is 2.08. The van der Waals surface area contributed by atoms with Crippen LogP contribution in [0.1, 0.15) is 33.3 Å². The van der Waals surface area contributed by atoms with E-state index in [2.05, 4.69) is 9.98 Å². The third kappa shape index (κ3) is 7.40. The predicted octanol–water partition coefficient (Wildman–Crippen LogP) is 3.10. The molecule has 0 aliphatic heterocycles. The van der Waals surface area contributed by atoms with E-state index in [1.165, 1.54) is 0 Å². The summed E-state index contributed by atoms with van der Waals surface area (Å²) in [5.41, 5.74) is 2.93. The standard InChI is InChI=1S/C17H24N2O2/c1-13(2)18-10-11-21-17(20)16(19-14(3)4)12-15-8-6-5-7-9-15/h5-9,16H,10-12H2,1-4H3. The quantitative estimate of drug-likeness (QED) is 0.440. The Morgan fingerprint density at radius 1 is 1.10 bits per heavy atom. The molecule has 1 aromatic rings. The van der Waals surface area contributed by atoms with Crippen molar-refractivity contribution >= 4 is 17.4 Å². The number of benzene rings is 1. The summed E-state index contributed by atoms with van der Waals surface area (Å²) in [7, 11) is 0. The van der Waals surface area contributed by atoms with Gasteiger partial charge in [0, 0.05) is 17.8 Å². The van der Waals surface area contributed by atoms with Crippen molar-refractivity contribution in [3.05, 3.63) is 35.9 Å². The number of hydrogen-bond acceptors (Lipinski definition) is 4. The summed E-state index contributed by atoms with van der Waals surface area (Å²) >= 11 is 0. The van der Waals surface area contributed by atoms with Gasteiger partial charge < -0.3 is 4.74 Å². The molecule has 1 atom stereocenters. The molecule has 0 radical (unpaired) electrons. The average Bonchev–Trinajstić information content (AvgIpc) is 2.43. The van der Waals surface area contributed by atoms with Crippen LogP contribution in [0.3, 0.4) is 0 Å². The maximum atomic E-state index is 12.1. The van der Waals surface area contributed by atoms with Crippen molar-refractivity contribution in [2.75, 3.05) is 13.2 Å². The minimum absolute atomic E-state index is 0.288. The zero-order chi connectivity index (χ0) is 15.7. The molecule has 1 aromatic carbocycles. The van der Waals surface area contributed by atoms with Crippen LogP contribution in [0.4, 0.5) is 0 Å². The van der Waals surface area contributed by atoms with E-state index < -0.39 is 6.04 Å². The normalized spacial score (nSPS) is 11.4. The molecule has 0 heterocycles. The molecule has 0 saturated carbocycles. The summed E-state index contributed by atoms with van der Waals surface area (Å²) in [5, 5.41) is 0. The van der Waals surface area contributed by atoms with Crippen molar-refractivity contribution in [2.24, 2.45) is 9.98 Å². The van der Waals surface area contributed by atoms with Crippen molar-refractivity contribution in [3.63, 3.8) is 0 Å². The van der Waals surface area contributed by atoms with E-state index in [1.807, 2.05) is 58.0 Å². The lowest BCUT2D eigenvalue weighted by atomic mass is 10.1. The number of carbonyl (C=O) groups is 1. The van der Waals surface area contributed by atoms with Crippen LogP contribution in [-0.4, -0.2) is 36.6 Å². The molecular weight excluding hydrogens is 264 g/mol. The van der Waals surface area contributed by atoms with Gasteiger partial charge in [0.05, 0.1) is 6.54 Å². The van der Waals surface area contributed by atoms with Gasteiger partial charge >= 0.3 is 5.97 Å². The van der Waals surface area contributed by atoms with E-state index >= 15 is 0 Å². The number of aliphatic imine (C=N–C) groups is 2. The lowest BCUT2D eigenvalue weighted by Gasteiger charge is -2.13. The van der Waals surface area contributed by atoms with E-state index in [4.69, 9.17) is 4.74 Å². The molecule has 114 valence electrons. The molecule has 0 N–H and O–H groups in total. The Balaban J connectivity index is 2.63. The first kappa shape index (κ1) is 17.1. The summed E-state index contributed by atoms with van der Waals surface area (Å²) < 4.78 is 5.27. The third-order valence-corrected chi connectivity index (χ3v) is 2.72. The van der Waals surface area contributed by atoms with Gasteiger partial charge in [-0.3, -0.25) is 9.98 Å². The van der Waals surface area contributed by atoms with Crippen LogP contribution in [0.5, 0.6) is 0 Å². The Morgan fingerprint density at radius 3 is 2.33 bits per heavy atom. The van der Waals surface area contributed by atoms with E-state index in [0.717, 1.165) is 17.0 Å². The number of carbonyl (C=O) groups excluding carboxylic acids is 1. The lowest BCUT2D eigenvalue weighted by Crippen LogP contribution is -2.26. The molecule has 4 nitrogen and oxygen atoms in total. The second kappa shape index (κ2) is 9.06. The maximum Gasteiger partial charge on any atom is 0.331 e. The van der Waals surface area contributed by atoms with Crippen LogP contribution >= 0.6 is 0 Å². The highest BCUT2D eigenvalue weighted by molar-refractivity contribution is 5.84. The summed E-state index contributed by atoms with van der Waals surface area (Å²) in [6.07, 6.45) is 0.556. The van der Waals surface area contributed by atoms with Gasteiger partial charge in [-0.2, -0.15) is 0 Å². The van der Waals surface area contributed by atoms with Gasteiger partial charge in [-0.25, -0.2) is 4.79 Å². The smallest absolute Gasteiger partial charge is 0.331 e.